The average Bonchev–Trinajstić information content (AvgIpc) is 2.69. The van der Waals surface area contributed by atoms with Gasteiger partial charge >= 0.3 is 0 Å². The molecular weight excluding hydrogens is 344 g/mol. The van der Waals surface area contributed by atoms with Gasteiger partial charge in [0.05, 0.1) is 34.7 Å². The Morgan fingerprint density at radius 1 is 1.04 bits per heavy atom. The third-order valence-electron chi connectivity index (χ3n) is 4.32. The van der Waals surface area contributed by atoms with Crippen molar-refractivity contribution in [1.29, 1.82) is 0 Å². The van der Waals surface area contributed by atoms with Crippen LogP contribution in [0.4, 0.5) is 5.69 Å². The van der Waals surface area contributed by atoms with E-state index in [1.807, 2.05) is 30.3 Å². The first-order valence-electron chi connectivity index (χ1n) is 8.48. The number of carbonyl (C=O) groups excluding carboxylic acids is 1. The molecule has 0 atom stereocenters. The second-order valence-corrected chi connectivity index (χ2v) is 6.16. The molecule has 7 heteroatoms. The van der Waals surface area contributed by atoms with Crippen molar-refractivity contribution in [2.75, 3.05) is 5.32 Å². The first-order valence-corrected chi connectivity index (χ1v) is 8.48. The van der Waals surface area contributed by atoms with Gasteiger partial charge in [0.25, 0.3) is 11.1 Å². The highest BCUT2D eigenvalue weighted by atomic mass is 16.2. The van der Waals surface area contributed by atoms with Crippen LogP contribution in [0, 0.1) is 0 Å². The van der Waals surface area contributed by atoms with Crippen LogP contribution in [0.5, 0.6) is 0 Å². The lowest BCUT2D eigenvalue weighted by molar-refractivity contribution is -0.116. The molecule has 0 spiro atoms. The minimum atomic E-state index is -0.357. The normalized spacial score (nSPS) is 11.0. The standard InChI is InChI=1S/C20H16N4O3/c25-18(22-14-11-13-5-1-4-8-17(13)21-12-14)9-10-24-20(27)16-7-3-2-6-15(16)19(26)23-24/h1-8,11-12H,9-10H2,(H,22,25)(H,23,26). The molecule has 0 unspecified atom stereocenters. The van der Waals surface area contributed by atoms with Crippen molar-refractivity contribution in [3.63, 3.8) is 0 Å². The summed E-state index contributed by atoms with van der Waals surface area (Å²) in [5.41, 5.74) is 0.739. The van der Waals surface area contributed by atoms with Crippen molar-refractivity contribution in [1.82, 2.24) is 14.8 Å². The summed E-state index contributed by atoms with van der Waals surface area (Å²) in [7, 11) is 0. The van der Waals surface area contributed by atoms with E-state index < -0.39 is 0 Å². The summed E-state index contributed by atoms with van der Waals surface area (Å²) < 4.78 is 1.17. The Morgan fingerprint density at radius 2 is 1.78 bits per heavy atom. The maximum atomic E-state index is 12.4. The molecule has 0 bridgehead atoms. The second-order valence-electron chi connectivity index (χ2n) is 6.16. The van der Waals surface area contributed by atoms with E-state index in [0.717, 1.165) is 10.9 Å². The van der Waals surface area contributed by atoms with Gasteiger partial charge in [0.15, 0.2) is 0 Å². The maximum Gasteiger partial charge on any atom is 0.273 e. The van der Waals surface area contributed by atoms with E-state index in [2.05, 4.69) is 15.4 Å². The van der Waals surface area contributed by atoms with Gasteiger partial charge in [-0.3, -0.25) is 24.5 Å². The summed E-state index contributed by atoms with van der Waals surface area (Å²) >= 11 is 0. The van der Waals surface area contributed by atoms with E-state index in [1.54, 1.807) is 30.5 Å². The lowest BCUT2D eigenvalue weighted by atomic mass is 10.2. The molecule has 2 aromatic carbocycles. The first-order chi connectivity index (χ1) is 13.1. The number of hydrogen-bond acceptors (Lipinski definition) is 4. The Hall–Kier alpha value is -3.74. The number of nitrogens with one attached hydrogen (secondary N) is 2. The number of hydrogen-bond donors (Lipinski definition) is 2. The Bertz CT molecular complexity index is 1270. The molecule has 2 aromatic heterocycles. The van der Waals surface area contributed by atoms with E-state index >= 15 is 0 Å². The monoisotopic (exact) mass is 360 g/mol. The van der Waals surface area contributed by atoms with Crippen molar-refractivity contribution < 1.29 is 4.79 Å². The number of fused-ring (bicyclic) bond motifs is 2. The number of aromatic amines is 1. The zero-order valence-electron chi connectivity index (χ0n) is 14.3. The summed E-state index contributed by atoms with van der Waals surface area (Å²) in [6.07, 6.45) is 1.63. The Balaban J connectivity index is 1.50. The number of para-hydroxylation sites is 1. The quantitative estimate of drug-likeness (QED) is 0.583. The number of aromatic nitrogens is 3. The summed E-state index contributed by atoms with van der Waals surface area (Å²) in [5, 5.41) is 6.88. The molecule has 1 amide bonds. The number of H-pyrrole nitrogens is 1. The van der Waals surface area contributed by atoms with Crippen LogP contribution in [0.2, 0.25) is 0 Å². The SMILES string of the molecule is O=C(CCn1[nH]c(=O)c2ccccc2c1=O)Nc1cnc2ccccc2c1. The number of pyridine rings is 1. The van der Waals surface area contributed by atoms with Gasteiger partial charge in [0.1, 0.15) is 0 Å². The van der Waals surface area contributed by atoms with Gasteiger partial charge in [-0.15, -0.1) is 0 Å². The summed E-state index contributed by atoms with van der Waals surface area (Å²) in [6.45, 7) is 0.0751. The zero-order valence-corrected chi connectivity index (χ0v) is 14.3. The molecule has 0 fully saturated rings. The van der Waals surface area contributed by atoms with Gasteiger partial charge in [-0.1, -0.05) is 30.3 Å². The lowest BCUT2D eigenvalue weighted by Gasteiger charge is -2.08. The number of aryl methyl sites for hydroxylation is 1. The number of amides is 1. The zero-order chi connectivity index (χ0) is 18.8. The third kappa shape index (κ3) is 3.35. The van der Waals surface area contributed by atoms with E-state index in [4.69, 9.17) is 0 Å². The van der Waals surface area contributed by atoms with Gasteiger partial charge in [0.2, 0.25) is 5.91 Å². The molecule has 2 heterocycles. The molecule has 0 saturated heterocycles. The lowest BCUT2D eigenvalue weighted by Crippen LogP contribution is -2.31. The minimum Gasteiger partial charge on any atom is -0.325 e. The first kappa shape index (κ1) is 16.7. The van der Waals surface area contributed by atoms with Crippen LogP contribution in [-0.2, 0) is 11.3 Å². The molecular formula is C20H16N4O3. The van der Waals surface area contributed by atoms with Crippen molar-refractivity contribution in [3.8, 4) is 0 Å². The van der Waals surface area contributed by atoms with Crippen molar-refractivity contribution in [2.45, 2.75) is 13.0 Å². The number of benzene rings is 2. The Morgan fingerprint density at radius 3 is 2.63 bits per heavy atom. The molecule has 4 rings (SSSR count). The van der Waals surface area contributed by atoms with Gasteiger partial charge in [-0.25, -0.2) is 4.68 Å². The van der Waals surface area contributed by atoms with Gasteiger partial charge in [-0.05, 0) is 24.3 Å². The van der Waals surface area contributed by atoms with Gasteiger partial charge in [0, 0.05) is 11.8 Å². The fourth-order valence-electron chi connectivity index (χ4n) is 2.98. The highest BCUT2D eigenvalue weighted by Gasteiger charge is 2.09. The Kier molecular flexibility index (Phi) is 4.25. The predicted octanol–water partition coefficient (Wildman–Crippen LogP) is 2.27. The van der Waals surface area contributed by atoms with Crippen LogP contribution < -0.4 is 16.4 Å². The summed E-state index contributed by atoms with van der Waals surface area (Å²) in [5.74, 6) is -0.270. The van der Waals surface area contributed by atoms with Crippen LogP contribution in [0.25, 0.3) is 21.7 Å². The van der Waals surface area contributed by atoms with E-state index in [-0.39, 0.29) is 30.0 Å². The fraction of sp³-hybridized carbons (Fsp3) is 0.100. The van der Waals surface area contributed by atoms with E-state index in [1.165, 1.54) is 4.68 Å². The second kappa shape index (κ2) is 6.87. The molecule has 27 heavy (non-hydrogen) atoms. The molecule has 7 nitrogen and oxygen atoms in total. The van der Waals surface area contributed by atoms with Gasteiger partial charge in [-0.2, -0.15) is 0 Å². The molecule has 134 valence electrons. The largest absolute Gasteiger partial charge is 0.325 e. The number of anilines is 1. The summed E-state index contributed by atoms with van der Waals surface area (Å²) in [6, 6.07) is 16.0. The van der Waals surface area contributed by atoms with Crippen LogP contribution in [0.1, 0.15) is 6.42 Å². The van der Waals surface area contributed by atoms with Crippen molar-refractivity contribution in [3.05, 3.63) is 81.5 Å². The van der Waals surface area contributed by atoms with Gasteiger partial charge < -0.3 is 5.32 Å². The molecule has 0 radical (unpaired) electrons. The molecule has 2 N–H and O–H groups in total. The summed E-state index contributed by atoms with van der Waals surface area (Å²) in [4.78, 5) is 41.1. The smallest absolute Gasteiger partial charge is 0.273 e. The van der Waals surface area contributed by atoms with E-state index in [0.29, 0.717) is 16.5 Å². The van der Waals surface area contributed by atoms with Crippen LogP contribution in [0.15, 0.2) is 70.4 Å². The fourth-order valence-corrected chi connectivity index (χ4v) is 2.98. The third-order valence-corrected chi connectivity index (χ3v) is 4.32. The minimum absolute atomic E-state index is 0.0427. The average molecular weight is 360 g/mol. The molecule has 0 aliphatic heterocycles. The molecule has 0 aliphatic carbocycles. The van der Waals surface area contributed by atoms with Crippen LogP contribution in [0.3, 0.4) is 0 Å². The molecule has 0 aliphatic rings. The number of carbonyl (C=O) groups is 1. The maximum absolute atomic E-state index is 12.4. The molecule has 4 aromatic rings. The highest BCUT2D eigenvalue weighted by molar-refractivity contribution is 5.93. The van der Waals surface area contributed by atoms with Crippen LogP contribution in [-0.4, -0.2) is 20.7 Å². The number of rotatable bonds is 4. The molecule has 0 saturated carbocycles. The topological polar surface area (TPSA) is 96.9 Å². The van der Waals surface area contributed by atoms with Crippen molar-refractivity contribution in [2.24, 2.45) is 0 Å². The Labute approximate surface area is 153 Å². The number of nitrogens with zero attached hydrogens (tertiary/aromatic N) is 2. The highest BCUT2D eigenvalue weighted by Crippen LogP contribution is 2.16. The predicted molar refractivity (Wildman–Crippen MR) is 104 cm³/mol. The van der Waals surface area contributed by atoms with Crippen molar-refractivity contribution >= 4 is 33.3 Å². The van der Waals surface area contributed by atoms with Crippen LogP contribution >= 0.6 is 0 Å². The van der Waals surface area contributed by atoms with E-state index in [9.17, 15) is 14.4 Å².